The first kappa shape index (κ1) is 17.8. The van der Waals surface area contributed by atoms with E-state index in [1.807, 2.05) is 4.90 Å². The monoisotopic (exact) mass is 298 g/mol. The third-order valence-electron chi connectivity index (χ3n) is 3.94. The van der Waals surface area contributed by atoms with Gasteiger partial charge in [-0.2, -0.15) is 0 Å². The van der Waals surface area contributed by atoms with Crippen molar-refractivity contribution in [2.24, 2.45) is 11.3 Å². The standard InChI is InChI=1S/C16H30N2O3/c1-11(2)13-7-6-8-18(13)15(21)17-12(9-14(19)20)10-16(3,4)5/h11-13H,6-10H2,1-5H3,(H,17,21)(H,19,20). The zero-order valence-electron chi connectivity index (χ0n) is 14.0. The van der Waals surface area contributed by atoms with E-state index in [4.69, 9.17) is 5.11 Å². The molecule has 1 fully saturated rings. The Balaban J connectivity index is 2.68. The molecule has 5 nitrogen and oxygen atoms in total. The van der Waals surface area contributed by atoms with Gasteiger partial charge in [0.05, 0.1) is 6.42 Å². The summed E-state index contributed by atoms with van der Waals surface area (Å²) in [7, 11) is 0. The summed E-state index contributed by atoms with van der Waals surface area (Å²) in [5.41, 5.74) is -0.0180. The van der Waals surface area contributed by atoms with Gasteiger partial charge in [0.15, 0.2) is 0 Å². The van der Waals surface area contributed by atoms with Gasteiger partial charge < -0.3 is 15.3 Å². The summed E-state index contributed by atoms with van der Waals surface area (Å²) in [6, 6.07) is -0.157. The number of likely N-dealkylation sites (tertiary alicyclic amines) is 1. The Labute approximate surface area is 128 Å². The first-order chi connectivity index (χ1) is 9.60. The van der Waals surface area contributed by atoms with Crippen LogP contribution in [0, 0.1) is 11.3 Å². The number of nitrogens with one attached hydrogen (secondary N) is 1. The van der Waals surface area contributed by atoms with Crippen LogP contribution in [0.5, 0.6) is 0 Å². The number of carbonyl (C=O) groups is 2. The highest BCUT2D eigenvalue weighted by atomic mass is 16.4. The molecule has 5 heteroatoms. The summed E-state index contributed by atoms with van der Waals surface area (Å²) in [6.45, 7) is 11.2. The van der Waals surface area contributed by atoms with E-state index in [0.29, 0.717) is 12.3 Å². The van der Waals surface area contributed by atoms with Crippen molar-refractivity contribution in [1.29, 1.82) is 0 Å². The van der Waals surface area contributed by atoms with Crippen LogP contribution in [-0.4, -0.2) is 40.6 Å². The Morgan fingerprint density at radius 2 is 1.95 bits per heavy atom. The second-order valence-corrected chi connectivity index (χ2v) is 7.66. The molecule has 1 rings (SSSR count). The van der Waals surface area contributed by atoms with Crippen LogP contribution in [0.4, 0.5) is 4.79 Å². The highest BCUT2D eigenvalue weighted by Gasteiger charge is 2.32. The van der Waals surface area contributed by atoms with E-state index in [2.05, 4.69) is 39.9 Å². The summed E-state index contributed by atoms with van der Waals surface area (Å²) in [4.78, 5) is 25.3. The van der Waals surface area contributed by atoms with E-state index in [1.54, 1.807) is 0 Å². The van der Waals surface area contributed by atoms with Crippen LogP contribution in [0.3, 0.4) is 0 Å². The van der Waals surface area contributed by atoms with E-state index < -0.39 is 5.97 Å². The molecule has 122 valence electrons. The number of rotatable bonds is 5. The number of urea groups is 1. The van der Waals surface area contributed by atoms with Crippen LogP contribution in [0.15, 0.2) is 0 Å². The van der Waals surface area contributed by atoms with Crippen LogP contribution in [-0.2, 0) is 4.79 Å². The fourth-order valence-electron chi connectivity index (χ4n) is 3.12. The lowest BCUT2D eigenvalue weighted by molar-refractivity contribution is -0.137. The smallest absolute Gasteiger partial charge is 0.317 e. The molecule has 0 aromatic heterocycles. The van der Waals surface area contributed by atoms with Gasteiger partial charge in [-0.05, 0) is 30.6 Å². The number of hydrogen-bond donors (Lipinski definition) is 2. The summed E-state index contributed by atoms with van der Waals surface area (Å²) in [5.74, 6) is -0.440. The minimum Gasteiger partial charge on any atom is -0.481 e. The molecular weight excluding hydrogens is 268 g/mol. The lowest BCUT2D eigenvalue weighted by Gasteiger charge is -2.31. The largest absolute Gasteiger partial charge is 0.481 e. The molecule has 0 aromatic rings. The fourth-order valence-corrected chi connectivity index (χ4v) is 3.12. The highest BCUT2D eigenvalue weighted by Crippen LogP contribution is 2.25. The minimum absolute atomic E-state index is 0.0180. The predicted octanol–water partition coefficient (Wildman–Crippen LogP) is 3.10. The Morgan fingerprint density at radius 1 is 1.33 bits per heavy atom. The number of aliphatic carboxylic acids is 1. The van der Waals surface area contributed by atoms with Crippen molar-refractivity contribution < 1.29 is 14.7 Å². The van der Waals surface area contributed by atoms with Gasteiger partial charge in [0.1, 0.15) is 0 Å². The molecule has 2 unspecified atom stereocenters. The van der Waals surface area contributed by atoms with E-state index in [0.717, 1.165) is 19.4 Å². The minimum atomic E-state index is -0.869. The molecule has 0 spiro atoms. The number of carboxylic acids is 1. The van der Waals surface area contributed by atoms with Crippen molar-refractivity contribution in [2.75, 3.05) is 6.54 Å². The second kappa shape index (κ2) is 7.14. The third kappa shape index (κ3) is 5.94. The average molecular weight is 298 g/mol. The summed E-state index contributed by atoms with van der Waals surface area (Å²) >= 11 is 0. The molecule has 2 amide bonds. The van der Waals surface area contributed by atoms with Crippen LogP contribution in [0.25, 0.3) is 0 Å². The maximum absolute atomic E-state index is 12.5. The summed E-state index contributed by atoms with van der Waals surface area (Å²) < 4.78 is 0. The lowest BCUT2D eigenvalue weighted by atomic mass is 9.87. The van der Waals surface area contributed by atoms with Gasteiger partial charge in [-0.15, -0.1) is 0 Å². The molecule has 2 N–H and O–H groups in total. The van der Waals surface area contributed by atoms with E-state index in [1.165, 1.54) is 0 Å². The lowest BCUT2D eigenvalue weighted by Crippen LogP contribution is -2.49. The third-order valence-corrected chi connectivity index (χ3v) is 3.94. The van der Waals surface area contributed by atoms with Gasteiger partial charge >= 0.3 is 12.0 Å². The maximum atomic E-state index is 12.5. The van der Waals surface area contributed by atoms with E-state index in [9.17, 15) is 9.59 Å². The Hall–Kier alpha value is -1.26. The topological polar surface area (TPSA) is 69.6 Å². The summed E-state index contributed by atoms with van der Waals surface area (Å²) in [5, 5.41) is 12.0. The van der Waals surface area contributed by atoms with Gasteiger partial charge in [0.25, 0.3) is 0 Å². The number of carbonyl (C=O) groups excluding carboxylic acids is 1. The van der Waals surface area contributed by atoms with E-state index in [-0.39, 0.29) is 30.0 Å². The molecule has 21 heavy (non-hydrogen) atoms. The molecule has 0 radical (unpaired) electrons. The van der Waals surface area contributed by atoms with Crippen molar-refractivity contribution in [2.45, 2.75) is 72.4 Å². The zero-order valence-corrected chi connectivity index (χ0v) is 14.0. The zero-order chi connectivity index (χ0) is 16.2. The molecule has 0 saturated carbocycles. The number of amides is 2. The Bertz CT molecular complexity index is 374. The SMILES string of the molecule is CC(C)C1CCCN1C(=O)NC(CC(=O)O)CC(C)(C)C. The van der Waals surface area contributed by atoms with Gasteiger partial charge in [0, 0.05) is 18.6 Å². The van der Waals surface area contributed by atoms with Crippen molar-refractivity contribution in [3.63, 3.8) is 0 Å². The molecular formula is C16H30N2O3. The quantitative estimate of drug-likeness (QED) is 0.819. The molecule has 0 aliphatic carbocycles. The van der Waals surface area contributed by atoms with Crippen molar-refractivity contribution in [1.82, 2.24) is 10.2 Å². The van der Waals surface area contributed by atoms with Gasteiger partial charge in [-0.3, -0.25) is 4.79 Å². The Kier molecular flexibility index (Phi) is 6.05. The molecule has 1 saturated heterocycles. The first-order valence-electron chi connectivity index (χ1n) is 7.89. The van der Waals surface area contributed by atoms with E-state index >= 15 is 0 Å². The number of carboxylic acid groups (broad SMARTS) is 1. The van der Waals surface area contributed by atoms with Crippen molar-refractivity contribution >= 4 is 12.0 Å². The predicted molar refractivity (Wildman–Crippen MR) is 83.2 cm³/mol. The summed E-state index contributed by atoms with van der Waals surface area (Å²) in [6.07, 6.45) is 2.70. The van der Waals surface area contributed by atoms with Crippen LogP contribution >= 0.6 is 0 Å². The van der Waals surface area contributed by atoms with Crippen molar-refractivity contribution in [3.8, 4) is 0 Å². The molecule has 0 bridgehead atoms. The van der Waals surface area contributed by atoms with Crippen LogP contribution in [0.2, 0.25) is 0 Å². The Morgan fingerprint density at radius 3 is 2.43 bits per heavy atom. The molecule has 1 aliphatic heterocycles. The fraction of sp³-hybridized carbons (Fsp3) is 0.875. The molecule has 0 aromatic carbocycles. The van der Waals surface area contributed by atoms with Crippen LogP contribution < -0.4 is 5.32 Å². The molecule has 2 atom stereocenters. The normalized spacial score (nSPS) is 20.7. The maximum Gasteiger partial charge on any atom is 0.317 e. The highest BCUT2D eigenvalue weighted by molar-refractivity contribution is 5.76. The van der Waals surface area contributed by atoms with Gasteiger partial charge in [0.2, 0.25) is 0 Å². The molecule has 1 heterocycles. The van der Waals surface area contributed by atoms with Crippen LogP contribution in [0.1, 0.15) is 60.3 Å². The van der Waals surface area contributed by atoms with Gasteiger partial charge in [-0.25, -0.2) is 4.79 Å². The second-order valence-electron chi connectivity index (χ2n) is 7.66. The number of hydrogen-bond acceptors (Lipinski definition) is 2. The van der Waals surface area contributed by atoms with Gasteiger partial charge in [-0.1, -0.05) is 34.6 Å². The average Bonchev–Trinajstić information content (AvgIpc) is 2.73. The first-order valence-corrected chi connectivity index (χ1v) is 7.89. The molecule has 1 aliphatic rings. The van der Waals surface area contributed by atoms with Crippen molar-refractivity contribution in [3.05, 3.63) is 0 Å². The number of nitrogens with zero attached hydrogens (tertiary/aromatic N) is 1.